The van der Waals surface area contributed by atoms with Crippen molar-refractivity contribution in [2.45, 2.75) is 43.3 Å². The Morgan fingerprint density at radius 2 is 1.17 bits per heavy atom. The van der Waals surface area contributed by atoms with Crippen molar-refractivity contribution < 1.29 is 47.9 Å². The minimum Gasteiger partial charge on any atom is -0.394 e. The van der Waals surface area contributed by atoms with Gasteiger partial charge in [0.25, 0.3) is 0 Å². The summed E-state index contributed by atoms with van der Waals surface area (Å²) in [6.07, 6.45) is 0.728. The fourth-order valence-corrected chi connectivity index (χ4v) is 6.46. The number of sulfonamides is 1. The normalized spacial score (nSPS) is 11.7. The first-order valence-electron chi connectivity index (χ1n) is 19.1. The van der Waals surface area contributed by atoms with Crippen molar-refractivity contribution in [2.24, 2.45) is 22.9 Å². The van der Waals surface area contributed by atoms with Crippen molar-refractivity contribution in [3.8, 4) is 0 Å². The zero-order valence-corrected chi connectivity index (χ0v) is 36.5. The molecular formula is C40H55ClN13O10S+. The molecule has 23 nitrogen and oxygen atoms in total. The van der Waals surface area contributed by atoms with Gasteiger partial charge in [-0.25, -0.2) is 18.3 Å². The number of hydrogen-bond acceptors (Lipinski definition) is 12. The van der Waals surface area contributed by atoms with E-state index in [1.54, 1.807) is 78.9 Å². The maximum Gasteiger partial charge on any atom is 0.322 e. The average Bonchev–Trinajstić information content (AvgIpc) is 3.26. The third-order valence-corrected chi connectivity index (χ3v) is 9.65. The van der Waals surface area contributed by atoms with Gasteiger partial charge in [0.15, 0.2) is 11.9 Å². The molecule has 0 heterocycles. The van der Waals surface area contributed by atoms with Crippen LogP contribution in [0, 0.1) is 15.7 Å². The molecule has 2 unspecified atom stereocenters. The highest BCUT2D eigenvalue weighted by atomic mass is 35.5. The van der Waals surface area contributed by atoms with Crippen LogP contribution in [-0.2, 0) is 43.1 Å². The van der Waals surface area contributed by atoms with Crippen molar-refractivity contribution in [2.75, 3.05) is 30.5 Å². The SMILES string of the molecule is Cl.N=C(N)Nc1ccc(C(N)=O)cc1.N=C(N)Nc1ccc(CNC(=O)C(CCc2ccccc2)NC(=O)C(CO)NS(=O)(=O)Cc2ccccc2)cc1.N[C@@H](CO)C(=O)NC[N+](=O)O. The van der Waals surface area contributed by atoms with Crippen molar-refractivity contribution >= 4 is 69.4 Å². The van der Waals surface area contributed by atoms with Crippen molar-refractivity contribution in [1.82, 2.24) is 20.7 Å². The van der Waals surface area contributed by atoms with Gasteiger partial charge in [-0.3, -0.25) is 35.3 Å². The van der Waals surface area contributed by atoms with Gasteiger partial charge < -0.3 is 54.4 Å². The third-order valence-electron chi connectivity index (χ3n) is 8.29. The summed E-state index contributed by atoms with van der Waals surface area (Å²) in [5.41, 5.74) is 24.5. The Balaban J connectivity index is 0.000000687. The molecule has 0 aliphatic carbocycles. The van der Waals surface area contributed by atoms with E-state index >= 15 is 0 Å². The maximum absolute atomic E-state index is 13.1. The lowest BCUT2D eigenvalue weighted by atomic mass is 10.0. The Labute approximate surface area is 380 Å². The van der Waals surface area contributed by atoms with Crippen LogP contribution in [0.3, 0.4) is 0 Å². The van der Waals surface area contributed by atoms with Crippen molar-refractivity contribution in [1.29, 1.82) is 10.8 Å². The molecule has 0 aliphatic rings. The minimum absolute atomic E-state index is 0. The van der Waals surface area contributed by atoms with E-state index in [-0.39, 0.29) is 43.0 Å². The number of carbonyl (C=O) groups is 4. The van der Waals surface area contributed by atoms with Crippen LogP contribution in [0.15, 0.2) is 109 Å². The van der Waals surface area contributed by atoms with Crippen LogP contribution in [0.25, 0.3) is 0 Å². The van der Waals surface area contributed by atoms with E-state index in [1.165, 1.54) is 0 Å². The molecule has 4 aromatic rings. The number of aryl methyl sites for hydroxylation is 1. The van der Waals surface area contributed by atoms with Crippen LogP contribution in [-0.4, -0.2) is 102 Å². The number of primary amides is 1. The highest BCUT2D eigenvalue weighted by Crippen LogP contribution is 2.11. The second-order valence-corrected chi connectivity index (χ2v) is 15.2. The van der Waals surface area contributed by atoms with E-state index in [2.05, 4.69) is 26.0 Å². The molecule has 352 valence electrons. The lowest BCUT2D eigenvalue weighted by Gasteiger charge is -2.22. The highest BCUT2D eigenvalue weighted by molar-refractivity contribution is 7.88. The number of halogens is 1. The summed E-state index contributed by atoms with van der Waals surface area (Å²) in [6, 6.07) is 27.7. The Hall–Kier alpha value is -7.22. The molecule has 0 fully saturated rings. The zero-order chi connectivity index (χ0) is 47.7. The molecule has 0 aliphatic heterocycles. The van der Waals surface area contributed by atoms with Gasteiger partial charge in [-0.15, -0.1) is 12.4 Å². The number of benzene rings is 4. The minimum atomic E-state index is -3.96. The predicted molar refractivity (Wildman–Crippen MR) is 245 cm³/mol. The quantitative estimate of drug-likeness (QED) is 0.0225. The fourth-order valence-electron chi connectivity index (χ4n) is 5.13. The van der Waals surface area contributed by atoms with Crippen LogP contribution < -0.4 is 54.2 Å². The first kappa shape index (κ1) is 55.8. The Morgan fingerprint density at radius 1 is 0.662 bits per heavy atom. The van der Waals surface area contributed by atoms with E-state index < -0.39 is 76.6 Å². The Morgan fingerprint density at radius 3 is 1.63 bits per heavy atom. The molecule has 3 atom stereocenters. The number of guanidine groups is 2. The van der Waals surface area contributed by atoms with Gasteiger partial charge in [0, 0.05) is 23.5 Å². The van der Waals surface area contributed by atoms with Crippen molar-refractivity contribution in [3.05, 3.63) is 136 Å². The van der Waals surface area contributed by atoms with E-state index in [0.29, 0.717) is 28.9 Å². The van der Waals surface area contributed by atoms with Crippen molar-refractivity contribution in [3.63, 3.8) is 0 Å². The van der Waals surface area contributed by atoms with Crippen LogP contribution in [0.2, 0.25) is 0 Å². The zero-order valence-electron chi connectivity index (χ0n) is 34.8. The lowest BCUT2D eigenvalue weighted by Crippen LogP contribution is -2.55. The molecule has 4 amide bonds. The Bertz CT molecular complexity index is 2260. The van der Waals surface area contributed by atoms with Crippen LogP contribution in [0.5, 0.6) is 0 Å². The molecule has 0 spiro atoms. The number of amides is 4. The average molecular weight is 945 g/mol. The highest BCUT2D eigenvalue weighted by Gasteiger charge is 2.28. The first-order chi connectivity index (χ1) is 30.3. The standard InChI is InChI=1S/C28H34N6O5S.C8H10N4O.C4H9N3O4.ClH/c29-28(30)32-23-14-11-21(12-15-23)17-31-26(36)24(16-13-20-7-3-1-4-8-20)33-27(37)25(18-35)34-40(38,39)19-22-9-5-2-6-10-22;9-7(13)5-1-3-6(4-2-5)12-8(10)11;5-3(1-8)4(9)6-2-7(10)11;/h1-12,14-15,24-25,34-35H,13,16-19H2,(H,31,36)(H,33,37)(H4,29,30,32);1-4H,(H2,9,13)(H4,10,11,12);3,8H,1-2,5H2,(H-,6,9,10,11);1H/p+1/t;;3-;/m..0./s1. The van der Waals surface area contributed by atoms with E-state index in [9.17, 15) is 37.6 Å². The summed E-state index contributed by atoms with van der Waals surface area (Å²) in [5.74, 6) is -3.15. The topological polar surface area (TPSA) is 407 Å². The number of aliphatic hydroxyl groups excluding tert-OH is 2. The molecule has 0 aromatic heterocycles. The summed E-state index contributed by atoms with van der Waals surface area (Å²) in [4.78, 5) is 56.8. The van der Waals surface area contributed by atoms with Gasteiger partial charge in [-0.1, -0.05) is 72.8 Å². The number of hydrogen-bond donors (Lipinski definition) is 15. The van der Waals surface area contributed by atoms with E-state index in [1.807, 2.05) is 35.6 Å². The lowest BCUT2D eigenvalue weighted by molar-refractivity contribution is -0.792. The van der Waals surface area contributed by atoms with Gasteiger partial charge in [0.05, 0.1) is 23.9 Å². The first-order valence-corrected chi connectivity index (χ1v) is 20.7. The molecule has 0 saturated carbocycles. The van der Waals surface area contributed by atoms with Gasteiger partial charge >= 0.3 is 6.67 Å². The molecule has 19 N–H and O–H groups in total. The molecule has 0 bridgehead atoms. The summed E-state index contributed by atoms with van der Waals surface area (Å²) in [6.45, 7) is -1.68. The summed E-state index contributed by atoms with van der Waals surface area (Å²) >= 11 is 0. The monoisotopic (exact) mass is 944 g/mol. The second kappa shape index (κ2) is 29.2. The number of anilines is 2. The number of nitrogens with one attached hydrogen (secondary N) is 8. The largest absolute Gasteiger partial charge is 0.394 e. The van der Waals surface area contributed by atoms with E-state index in [4.69, 9.17) is 44.1 Å². The molecular weight excluding hydrogens is 890 g/mol. The summed E-state index contributed by atoms with van der Waals surface area (Å²) in [5, 5.41) is 53.0. The number of carbonyl (C=O) groups excluding carboxylic acids is 4. The second-order valence-electron chi connectivity index (χ2n) is 13.5. The summed E-state index contributed by atoms with van der Waals surface area (Å²) in [7, 11) is -3.96. The van der Waals surface area contributed by atoms with E-state index in [0.717, 1.165) is 11.1 Å². The van der Waals surface area contributed by atoms with Gasteiger partial charge in [-0.2, -0.15) is 0 Å². The molecule has 4 rings (SSSR count). The predicted octanol–water partition coefficient (Wildman–Crippen LogP) is -0.733. The van der Waals surface area contributed by atoms with Crippen LogP contribution in [0.1, 0.15) is 33.5 Å². The van der Waals surface area contributed by atoms with Crippen LogP contribution >= 0.6 is 12.4 Å². The number of aliphatic hydroxyl groups is 2. The smallest absolute Gasteiger partial charge is 0.322 e. The molecule has 25 heteroatoms. The molecule has 65 heavy (non-hydrogen) atoms. The molecule has 0 saturated heterocycles. The number of rotatable bonds is 20. The van der Waals surface area contributed by atoms with Gasteiger partial charge in [0.2, 0.25) is 38.6 Å². The molecule has 0 radical (unpaired) electrons. The summed E-state index contributed by atoms with van der Waals surface area (Å²) < 4.78 is 27.5. The Kier molecular flexibility index (Phi) is 25.1. The number of nitrogens with zero attached hydrogens (tertiary/aromatic N) is 1. The number of nitrogens with two attached hydrogens (primary N) is 4. The van der Waals surface area contributed by atoms with Crippen LogP contribution in [0.4, 0.5) is 11.4 Å². The van der Waals surface area contributed by atoms with Gasteiger partial charge in [-0.05, 0) is 65.9 Å². The fraction of sp³-hybridized carbons (Fsp3) is 0.250. The van der Waals surface area contributed by atoms with Gasteiger partial charge in [0.1, 0.15) is 18.1 Å². The molecule has 4 aromatic carbocycles. The third kappa shape index (κ3) is 23.2. The maximum atomic E-state index is 13.1.